The fraction of sp³-hybridized carbons (Fsp3) is 0.895. The van der Waals surface area contributed by atoms with Gasteiger partial charge in [-0.15, -0.1) is 0 Å². The fourth-order valence-electron chi connectivity index (χ4n) is 6.58. The summed E-state index contributed by atoms with van der Waals surface area (Å²) in [7, 11) is 0. The molecule has 3 fully saturated rings. The minimum Gasteiger partial charge on any atom is -0.393 e. The molecule has 23 heavy (non-hydrogen) atoms. The number of aliphatic hydroxyl groups is 3. The summed E-state index contributed by atoms with van der Waals surface area (Å²) in [6, 6.07) is 0. The van der Waals surface area contributed by atoms with E-state index in [2.05, 4.69) is 6.92 Å². The van der Waals surface area contributed by atoms with E-state index >= 15 is 0 Å². The van der Waals surface area contributed by atoms with Crippen molar-refractivity contribution in [2.45, 2.75) is 76.9 Å². The van der Waals surface area contributed by atoms with Crippen LogP contribution in [0.15, 0.2) is 11.6 Å². The van der Waals surface area contributed by atoms with Gasteiger partial charge in [-0.1, -0.05) is 25.5 Å². The van der Waals surface area contributed by atoms with Crippen molar-refractivity contribution >= 4 is 0 Å². The summed E-state index contributed by atoms with van der Waals surface area (Å²) in [5.74, 6) is 0.413. The van der Waals surface area contributed by atoms with Crippen LogP contribution in [-0.2, 0) is 0 Å². The lowest BCUT2D eigenvalue weighted by molar-refractivity contribution is -0.108. The zero-order chi connectivity index (χ0) is 16.6. The normalized spacial score (nSPS) is 58.9. The first-order valence-corrected chi connectivity index (χ1v) is 9.17. The van der Waals surface area contributed by atoms with E-state index in [-0.39, 0.29) is 23.4 Å². The minimum absolute atomic E-state index is 0.0177. The summed E-state index contributed by atoms with van der Waals surface area (Å²) in [5, 5.41) is 31.2. The van der Waals surface area contributed by atoms with E-state index in [1.165, 1.54) is 5.57 Å². The van der Waals surface area contributed by atoms with E-state index in [4.69, 9.17) is 0 Å². The number of alkyl halides is 1. The Bertz CT molecular complexity index is 535. The lowest BCUT2D eigenvalue weighted by Gasteiger charge is -2.58. The second kappa shape index (κ2) is 5.03. The van der Waals surface area contributed by atoms with Crippen LogP contribution in [0.4, 0.5) is 4.39 Å². The third-order valence-corrected chi connectivity index (χ3v) is 8.04. The molecule has 0 heterocycles. The lowest BCUT2D eigenvalue weighted by atomic mass is 9.47. The van der Waals surface area contributed by atoms with Crippen LogP contribution in [0, 0.1) is 28.6 Å². The van der Waals surface area contributed by atoms with E-state index in [1.54, 1.807) is 0 Å². The van der Waals surface area contributed by atoms with Crippen molar-refractivity contribution in [3.05, 3.63) is 11.6 Å². The molecule has 3 saturated carbocycles. The molecule has 3 N–H and O–H groups in total. The predicted molar refractivity (Wildman–Crippen MR) is 85.4 cm³/mol. The predicted octanol–water partition coefficient (Wildman–Crippen LogP) is 2.59. The molecule has 0 amide bonds. The first-order valence-electron chi connectivity index (χ1n) is 9.17. The van der Waals surface area contributed by atoms with E-state index in [0.717, 1.165) is 25.7 Å². The highest BCUT2D eigenvalue weighted by molar-refractivity contribution is 5.28. The molecule has 4 heteroatoms. The van der Waals surface area contributed by atoms with Crippen LogP contribution in [-0.4, -0.2) is 39.8 Å². The Balaban J connectivity index is 1.73. The van der Waals surface area contributed by atoms with Gasteiger partial charge in [-0.2, -0.15) is 0 Å². The van der Waals surface area contributed by atoms with Gasteiger partial charge in [-0.3, -0.25) is 0 Å². The van der Waals surface area contributed by atoms with Gasteiger partial charge in [-0.25, -0.2) is 4.39 Å². The first-order chi connectivity index (χ1) is 10.8. The zero-order valence-corrected chi connectivity index (χ0v) is 14.1. The Morgan fingerprint density at radius 3 is 2.57 bits per heavy atom. The molecule has 4 rings (SSSR count). The van der Waals surface area contributed by atoms with Crippen LogP contribution >= 0.6 is 0 Å². The molecular formula is C19H29FO3. The molecule has 0 aromatic carbocycles. The van der Waals surface area contributed by atoms with E-state index in [1.807, 2.05) is 13.0 Å². The minimum atomic E-state index is -1.16. The first kappa shape index (κ1) is 16.0. The van der Waals surface area contributed by atoms with Gasteiger partial charge in [0.1, 0.15) is 6.17 Å². The monoisotopic (exact) mass is 324 g/mol. The largest absolute Gasteiger partial charge is 0.393 e. The van der Waals surface area contributed by atoms with Crippen molar-refractivity contribution in [3.8, 4) is 0 Å². The summed E-state index contributed by atoms with van der Waals surface area (Å²) >= 11 is 0. The molecule has 0 unspecified atom stereocenters. The highest BCUT2D eigenvalue weighted by Gasteiger charge is 2.63. The van der Waals surface area contributed by atoms with Crippen LogP contribution in [0.1, 0.15) is 52.4 Å². The summed E-state index contributed by atoms with van der Waals surface area (Å²) in [5.41, 5.74) is 0.810. The Morgan fingerprint density at radius 1 is 1.09 bits per heavy atom. The Kier molecular flexibility index (Phi) is 3.51. The summed E-state index contributed by atoms with van der Waals surface area (Å²) in [6.07, 6.45) is 3.57. The lowest BCUT2D eigenvalue weighted by Crippen LogP contribution is -2.55. The maximum absolute atomic E-state index is 14.2. The zero-order valence-electron chi connectivity index (χ0n) is 14.1. The second-order valence-corrected chi connectivity index (χ2v) is 9.03. The average Bonchev–Trinajstić information content (AvgIpc) is 2.73. The summed E-state index contributed by atoms with van der Waals surface area (Å²) in [6.45, 7) is 4.28. The van der Waals surface area contributed by atoms with Crippen LogP contribution in [0.3, 0.4) is 0 Å². The summed E-state index contributed by atoms with van der Waals surface area (Å²) in [4.78, 5) is 0. The molecule has 0 spiro atoms. The van der Waals surface area contributed by atoms with Gasteiger partial charge < -0.3 is 15.3 Å². The number of halogens is 1. The van der Waals surface area contributed by atoms with Gasteiger partial charge in [0.15, 0.2) is 0 Å². The third-order valence-electron chi connectivity index (χ3n) is 8.04. The van der Waals surface area contributed by atoms with Gasteiger partial charge in [0.25, 0.3) is 0 Å². The Morgan fingerprint density at radius 2 is 1.83 bits per heavy atom. The number of rotatable bonds is 0. The molecular weight excluding hydrogens is 295 g/mol. The van der Waals surface area contributed by atoms with Crippen LogP contribution in [0.5, 0.6) is 0 Å². The molecule has 0 aromatic rings. The quantitative estimate of drug-likeness (QED) is 0.600. The van der Waals surface area contributed by atoms with Crippen molar-refractivity contribution in [1.82, 2.24) is 0 Å². The number of hydrogen-bond acceptors (Lipinski definition) is 3. The standard InChI is InChI=1S/C19H29FO3/c1-18-5-3-11(21)7-10(18)8-15(22)16-12(18)4-6-19(2)13(16)9-14(20)17(19)23/h8,11-17,21-23H,3-7,9H2,1-2H3/t11-,12-,13-,14+,15-,16+,17-,18-,19-/m0/s1. The van der Waals surface area contributed by atoms with E-state index in [0.29, 0.717) is 18.8 Å². The summed E-state index contributed by atoms with van der Waals surface area (Å²) < 4.78 is 14.2. The van der Waals surface area contributed by atoms with Crippen LogP contribution < -0.4 is 0 Å². The number of fused-ring (bicyclic) bond motifs is 5. The molecule has 9 atom stereocenters. The molecule has 0 aromatic heterocycles. The van der Waals surface area contributed by atoms with Crippen molar-refractivity contribution in [1.29, 1.82) is 0 Å². The van der Waals surface area contributed by atoms with Crippen molar-refractivity contribution in [2.24, 2.45) is 28.6 Å². The highest BCUT2D eigenvalue weighted by atomic mass is 19.1. The van der Waals surface area contributed by atoms with Crippen molar-refractivity contribution in [2.75, 3.05) is 0 Å². The molecule has 0 bridgehead atoms. The topological polar surface area (TPSA) is 60.7 Å². The third kappa shape index (κ3) is 2.04. The fourth-order valence-corrected chi connectivity index (χ4v) is 6.58. The Labute approximate surface area is 137 Å². The molecule has 4 aliphatic carbocycles. The second-order valence-electron chi connectivity index (χ2n) is 9.03. The maximum Gasteiger partial charge on any atom is 0.127 e. The highest BCUT2D eigenvalue weighted by Crippen LogP contribution is 2.65. The van der Waals surface area contributed by atoms with Gasteiger partial charge >= 0.3 is 0 Å². The number of aliphatic hydroxyl groups excluding tert-OH is 3. The smallest absolute Gasteiger partial charge is 0.127 e. The molecule has 4 aliphatic rings. The van der Waals surface area contributed by atoms with Crippen LogP contribution in [0.25, 0.3) is 0 Å². The maximum atomic E-state index is 14.2. The van der Waals surface area contributed by atoms with Gasteiger partial charge in [0.2, 0.25) is 0 Å². The number of hydrogen-bond donors (Lipinski definition) is 3. The van der Waals surface area contributed by atoms with Crippen molar-refractivity contribution < 1.29 is 19.7 Å². The molecule has 3 nitrogen and oxygen atoms in total. The van der Waals surface area contributed by atoms with Crippen molar-refractivity contribution in [3.63, 3.8) is 0 Å². The Hall–Kier alpha value is -0.450. The van der Waals surface area contributed by atoms with Crippen LogP contribution in [0.2, 0.25) is 0 Å². The molecule has 0 aliphatic heterocycles. The van der Waals surface area contributed by atoms with E-state index in [9.17, 15) is 19.7 Å². The van der Waals surface area contributed by atoms with Gasteiger partial charge in [0, 0.05) is 0 Å². The van der Waals surface area contributed by atoms with E-state index < -0.39 is 23.8 Å². The molecule has 130 valence electrons. The molecule has 0 saturated heterocycles. The van der Waals surface area contributed by atoms with Gasteiger partial charge in [-0.05, 0) is 67.1 Å². The van der Waals surface area contributed by atoms with Gasteiger partial charge in [0.05, 0.1) is 18.3 Å². The SMILES string of the molecule is C[C@]12CC[C@H]3[C@@H]([C@@H](O)C=C4C[C@@H](O)CC[C@@]43C)[C@@H]1C[C@@H](F)[C@@H]2O. The average molecular weight is 324 g/mol. The molecule has 0 radical (unpaired) electrons.